The van der Waals surface area contributed by atoms with Crippen molar-refractivity contribution >= 4 is 23.5 Å². The number of phenolic OH excluding ortho intramolecular Hbond substituents is 1. The minimum atomic E-state index is -0.213. The molecule has 2 saturated carbocycles. The molecule has 0 spiro atoms. The van der Waals surface area contributed by atoms with Gasteiger partial charge in [0.2, 0.25) is 0 Å². The summed E-state index contributed by atoms with van der Waals surface area (Å²) in [5.74, 6) is 2.89. The summed E-state index contributed by atoms with van der Waals surface area (Å²) in [5.41, 5.74) is 14.1. The maximum absolute atomic E-state index is 13.3. The maximum Gasteiger partial charge on any atom is 0.163 e. The molecule has 1 aromatic heterocycles. The number of ketones is 2. The van der Waals surface area contributed by atoms with E-state index in [-0.39, 0.29) is 23.7 Å². The molecule has 3 aliphatic rings. The van der Waals surface area contributed by atoms with Gasteiger partial charge < -0.3 is 26.2 Å². The molecule has 5 N–H and O–H groups in total. The van der Waals surface area contributed by atoms with E-state index in [4.69, 9.17) is 10.5 Å². The Morgan fingerprint density at radius 3 is 2.44 bits per heavy atom. The van der Waals surface area contributed by atoms with Crippen LogP contribution in [-0.4, -0.2) is 54.9 Å². The summed E-state index contributed by atoms with van der Waals surface area (Å²) in [6, 6.07) is 25.4. The van der Waals surface area contributed by atoms with Gasteiger partial charge in [0.25, 0.3) is 0 Å². The zero-order valence-electron chi connectivity index (χ0n) is 36.6. The van der Waals surface area contributed by atoms with E-state index >= 15 is 0 Å². The van der Waals surface area contributed by atoms with E-state index in [0.717, 1.165) is 85.7 Å². The van der Waals surface area contributed by atoms with Gasteiger partial charge in [0.15, 0.2) is 17.3 Å². The van der Waals surface area contributed by atoms with E-state index in [0.29, 0.717) is 41.8 Å². The number of aryl methyl sites for hydroxylation is 4. The first kappa shape index (κ1) is 44.3. The van der Waals surface area contributed by atoms with Crippen LogP contribution in [0.25, 0.3) is 6.08 Å². The lowest BCUT2D eigenvalue weighted by Crippen LogP contribution is -2.51. The number of rotatable bonds is 20. The fourth-order valence-electron chi connectivity index (χ4n) is 11.1. The van der Waals surface area contributed by atoms with Crippen LogP contribution in [0.15, 0.2) is 85.1 Å². The lowest BCUT2D eigenvalue weighted by Gasteiger charge is -2.49. The van der Waals surface area contributed by atoms with Crippen molar-refractivity contribution in [3.05, 3.63) is 124 Å². The first-order valence-corrected chi connectivity index (χ1v) is 23.1. The fraction of sp³-hybridized carbons (Fsp3) is 0.491. The predicted molar refractivity (Wildman–Crippen MR) is 247 cm³/mol. The third kappa shape index (κ3) is 12.0. The normalized spacial score (nSPS) is 21.0. The fourth-order valence-corrected chi connectivity index (χ4v) is 11.1. The van der Waals surface area contributed by atoms with Crippen molar-refractivity contribution in [1.29, 1.82) is 0 Å². The summed E-state index contributed by atoms with van der Waals surface area (Å²) in [4.78, 5) is 31.0. The molecule has 3 fully saturated rings. The van der Waals surface area contributed by atoms with E-state index in [1.54, 1.807) is 18.2 Å². The molecule has 8 nitrogen and oxygen atoms in total. The Morgan fingerprint density at radius 2 is 1.67 bits per heavy atom. The minimum absolute atomic E-state index is 0.00909. The number of anilines is 1. The monoisotopic (exact) mass is 825 g/mol. The second-order valence-corrected chi connectivity index (χ2v) is 18.4. The molecule has 0 unspecified atom stereocenters. The summed E-state index contributed by atoms with van der Waals surface area (Å²) in [7, 11) is 3.66. The van der Waals surface area contributed by atoms with Crippen molar-refractivity contribution in [3.8, 4) is 11.5 Å². The van der Waals surface area contributed by atoms with Gasteiger partial charge in [-0.3, -0.25) is 9.59 Å². The number of nitrogen functional groups attached to an aromatic ring is 1. The second kappa shape index (κ2) is 21.3. The van der Waals surface area contributed by atoms with Gasteiger partial charge in [0.05, 0.1) is 13.5 Å². The second-order valence-electron chi connectivity index (χ2n) is 18.4. The number of pyridine rings is 1. The van der Waals surface area contributed by atoms with Crippen molar-refractivity contribution in [1.82, 2.24) is 15.6 Å². The Bertz CT molecular complexity index is 2110. The highest BCUT2D eigenvalue weighted by atomic mass is 16.5. The van der Waals surface area contributed by atoms with Crippen LogP contribution in [0.2, 0.25) is 0 Å². The number of piperidine rings is 1. The molecule has 4 aromatic rings. The highest BCUT2D eigenvalue weighted by molar-refractivity contribution is 6.06. The number of carbonyl (C=O) groups excluding carboxylic acids is 2. The first-order valence-electron chi connectivity index (χ1n) is 23.1. The summed E-state index contributed by atoms with van der Waals surface area (Å²) in [5, 5.41) is 18.2. The van der Waals surface area contributed by atoms with E-state index in [9.17, 15) is 14.7 Å². The number of Topliss-reactive ketones (excluding diaryl/α,β-unsaturated/α-hetero) is 1. The summed E-state index contributed by atoms with van der Waals surface area (Å²) in [6.45, 7) is 2.30. The minimum Gasteiger partial charge on any atom is -0.504 e. The lowest BCUT2D eigenvalue weighted by molar-refractivity contribution is -0.124. The lowest BCUT2D eigenvalue weighted by atomic mass is 9.61. The van der Waals surface area contributed by atoms with Gasteiger partial charge in [-0.1, -0.05) is 73.5 Å². The quantitative estimate of drug-likeness (QED) is 0.0513. The molecule has 1 saturated heterocycles. The largest absolute Gasteiger partial charge is 0.504 e. The van der Waals surface area contributed by atoms with Crippen LogP contribution in [0.3, 0.4) is 0 Å². The molecule has 2 aliphatic carbocycles. The van der Waals surface area contributed by atoms with Crippen molar-refractivity contribution in [3.63, 3.8) is 0 Å². The number of benzene rings is 3. The van der Waals surface area contributed by atoms with E-state index < -0.39 is 0 Å². The smallest absolute Gasteiger partial charge is 0.163 e. The van der Waals surface area contributed by atoms with Crippen molar-refractivity contribution in [2.75, 3.05) is 33.0 Å². The molecule has 3 aromatic carbocycles. The maximum atomic E-state index is 13.3. The molecule has 0 bridgehead atoms. The number of nitrogens with one attached hydrogen (secondary N) is 2. The zero-order valence-corrected chi connectivity index (χ0v) is 36.6. The SMILES string of the molecule is CN[C@H]1CC[C@H]2CNCC[C@@H]2[C@H]1CC1(CCCC(=O)CC(=O)C=Cc2cc(OC)c(O)cc2Cc2cnc(N)cc2CCc2cccc(CCc3ccccc3)c2)CCCC1. The van der Waals surface area contributed by atoms with Gasteiger partial charge in [-0.15, -0.1) is 0 Å². The van der Waals surface area contributed by atoms with Crippen LogP contribution in [-0.2, 0) is 41.7 Å². The third-order valence-corrected chi connectivity index (χ3v) is 14.4. The number of nitrogens with two attached hydrogens (primary N) is 1. The Hall–Kier alpha value is -4.79. The Balaban J connectivity index is 0.961. The van der Waals surface area contributed by atoms with Crippen LogP contribution in [0.5, 0.6) is 11.5 Å². The molecule has 7 rings (SSSR count). The molecular weight excluding hydrogens is 757 g/mol. The van der Waals surface area contributed by atoms with E-state index in [1.807, 2.05) is 12.3 Å². The number of carbonyl (C=O) groups is 2. The molecule has 2 heterocycles. The number of hydrogen-bond acceptors (Lipinski definition) is 8. The van der Waals surface area contributed by atoms with Gasteiger partial charge in [0.1, 0.15) is 11.6 Å². The number of allylic oxidation sites excluding steroid dienone is 1. The van der Waals surface area contributed by atoms with Crippen LogP contribution < -0.4 is 21.1 Å². The average Bonchev–Trinajstić information content (AvgIpc) is 3.74. The summed E-state index contributed by atoms with van der Waals surface area (Å²) < 4.78 is 5.46. The van der Waals surface area contributed by atoms with Crippen molar-refractivity contribution in [2.24, 2.45) is 23.2 Å². The molecule has 61 heavy (non-hydrogen) atoms. The van der Waals surface area contributed by atoms with Crippen LogP contribution >= 0.6 is 0 Å². The molecule has 1 aliphatic heterocycles. The number of methoxy groups -OCH3 is 1. The Kier molecular flexibility index (Phi) is 15.5. The Morgan fingerprint density at radius 1 is 0.918 bits per heavy atom. The van der Waals surface area contributed by atoms with Gasteiger partial charge in [-0.05, 0) is 190 Å². The van der Waals surface area contributed by atoms with Crippen LogP contribution in [0.4, 0.5) is 5.82 Å². The van der Waals surface area contributed by atoms with E-state index in [2.05, 4.69) is 77.3 Å². The molecule has 0 radical (unpaired) electrons. The number of fused-ring (bicyclic) bond motifs is 1. The number of phenols is 1. The number of aromatic hydroxyl groups is 1. The number of hydrogen-bond donors (Lipinski definition) is 4. The third-order valence-electron chi connectivity index (χ3n) is 14.4. The standard InChI is InChI=1S/C53H68N4O4/c1-55-49-22-20-42-35-56-27-23-47(42)48(49)34-53(24-6-7-25-53)26-9-14-45(58)33-46(59)21-19-40-31-51(61-2)50(60)30-43(40)29-44-36-57-52(54)32-41(44)18-17-39-13-8-12-38(28-39)16-15-37-10-4-3-5-11-37/h3-5,8,10-13,19,21,28,30-32,36,42,47-49,55-56,60H,6-7,9,14-18,20,22-27,29,33-35H2,1-2H3,(H2,54,57)/t42-,47-,48+,49-/m0/s1. The molecule has 324 valence electrons. The number of aromatic nitrogens is 1. The molecule has 0 amide bonds. The van der Waals surface area contributed by atoms with Gasteiger partial charge >= 0.3 is 0 Å². The van der Waals surface area contributed by atoms with Crippen LogP contribution in [0, 0.1) is 23.2 Å². The molecular formula is C53H68N4O4. The number of nitrogens with zero attached hydrogens (tertiary/aromatic N) is 1. The Labute approximate surface area is 364 Å². The van der Waals surface area contributed by atoms with E-state index in [1.165, 1.54) is 81.2 Å². The molecule has 4 atom stereocenters. The van der Waals surface area contributed by atoms with Gasteiger partial charge in [-0.25, -0.2) is 4.98 Å². The van der Waals surface area contributed by atoms with Crippen molar-refractivity contribution in [2.45, 2.75) is 115 Å². The zero-order chi connectivity index (χ0) is 42.6. The topological polar surface area (TPSA) is 127 Å². The molecule has 8 heteroatoms. The predicted octanol–water partition coefficient (Wildman–Crippen LogP) is 9.43. The first-order chi connectivity index (χ1) is 29.7. The van der Waals surface area contributed by atoms with Crippen molar-refractivity contribution < 1.29 is 19.4 Å². The average molecular weight is 825 g/mol. The summed E-state index contributed by atoms with van der Waals surface area (Å²) in [6.07, 6.45) is 21.6. The summed E-state index contributed by atoms with van der Waals surface area (Å²) >= 11 is 0. The highest BCUT2D eigenvalue weighted by Gasteiger charge is 2.45. The van der Waals surface area contributed by atoms with Gasteiger partial charge in [0, 0.05) is 18.7 Å². The highest BCUT2D eigenvalue weighted by Crippen LogP contribution is 2.52. The van der Waals surface area contributed by atoms with Gasteiger partial charge in [-0.2, -0.15) is 0 Å². The number of ether oxygens (including phenoxy) is 1. The van der Waals surface area contributed by atoms with Crippen LogP contribution in [0.1, 0.15) is 116 Å².